The highest BCUT2D eigenvalue weighted by atomic mass is 35.5. The van der Waals surface area contributed by atoms with E-state index in [0.717, 1.165) is 17.5 Å². The molecule has 3 rings (SSSR count). The van der Waals surface area contributed by atoms with Crippen LogP contribution in [0.1, 0.15) is 12.5 Å². The molecule has 0 atom stereocenters. The molecule has 6 heteroatoms. The van der Waals surface area contributed by atoms with Crippen molar-refractivity contribution in [1.29, 1.82) is 0 Å². The summed E-state index contributed by atoms with van der Waals surface area (Å²) in [5.74, 6) is -0.228. The number of nitrogens with one attached hydrogen (secondary N) is 1. The van der Waals surface area contributed by atoms with Gasteiger partial charge >= 0.3 is 0 Å². The third-order valence-electron chi connectivity index (χ3n) is 3.67. The Bertz CT molecular complexity index is 829. The predicted molar refractivity (Wildman–Crippen MR) is 93.9 cm³/mol. The Morgan fingerprint density at radius 1 is 1.12 bits per heavy atom. The van der Waals surface area contributed by atoms with E-state index in [-0.39, 0.29) is 17.7 Å². The number of alkyl halides is 1. The number of carbonyl (C=O) groups excluding carboxylic acids is 1. The summed E-state index contributed by atoms with van der Waals surface area (Å²) in [5.41, 5.74) is 4.37. The van der Waals surface area contributed by atoms with Gasteiger partial charge in [0.25, 0.3) is 0 Å². The molecule has 0 saturated heterocycles. The summed E-state index contributed by atoms with van der Waals surface area (Å²) in [6.45, 7) is 2.10. The number of amides is 1. The third kappa shape index (κ3) is 3.31. The first kappa shape index (κ1) is 16.2. The number of carbonyl (C=O) groups is 1. The maximum absolute atomic E-state index is 11.7. The van der Waals surface area contributed by atoms with Gasteiger partial charge in [0.2, 0.25) is 11.8 Å². The number of hydrogen-bond donors (Lipinski definition) is 1. The highest BCUT2D eigenvalue weighted by Crippen LogP contribution is 2.37. The van der Waals surface area contributed by atoms with Crippen LogP contribution in [0.2, 0.25) is 0 Å². The Morgan fingerprint density at radius 2 is 1.83 bits per heavy atom. The van der Waals surface area contributed by atoms with Gasteiger partial charge in [-0.1, -0.05) is 36.3 Å². The number of aromatic nitrogens is 2. The Labute approximate surface area is 144 Å². The van der Waals surface area contributed by atoms with Crippen LogP contribution in [0, 0.1) is 0 Å². The molecule has 0 fully saturated rings. The van der Waals surface area contributed by atoms with E-state index in [4.69, 9.17) is 16.1 Å². The minimum Gasteiger partial charge on any atom is -0.337 e. The van der Waals surface area contributed by atoms with E-state index >= 15 is 0 Å². The smallest absolute Gasteiger partial charge is 0.241 e. The zero-order chi connectivity index (χ0) is 16.9. The summed E-state index contributed by atoms with van der Waals surface area (Å²) in [6, 6.07) is 11.8. The van der Waals surface area contributed by atoms with Gasteiger partial charge in [0.1, 0.15) is 11.6 Å². The van der Waals surface area contributed by atoms with Crippen molar-refractivity contribution in [2.24, 2.45) is 0 Å². The van der Waals surface area contributed by atoms with Crippen molar-refractivity contribution in [3.8, 4) is 22.4 Å². The molecule has 1 N–H and O–H groups in total. The summed E-state index contributed by atoms with van der Waals surface area (Å²) in [4.78, 5) is 15.7. The van der Waals surface area contributed by atoms with E-state index in [1.54, 1.807) is 12.4 Å². The lowest BCUT2D eigenvalue weighted by Crippen LogP contribution is -2.12. The van der Waals surface area contributed by atoms with Gasteiger partial charge in [-0.2, -0.15) is 0 Å². The Morgan fingerprint density at radius 3 is 2.46 bits per heavy atom. The Balaban J connectivity index is 2.10. The normalized spacial score (nSPS) is 10.6. The van der Waals surface area contributed by atoms with Crippen molar-refractivity contribution < 1.29 is 9.32 Å². The van der Waals surface area contributed by atoms with E-state index in [1.807, 2.05) is 24.3 Å². The summed E-state index contributed by atoms with van der Waals surface area (Å²) in [6.07, 6.45) is 4.33. The second-order valence-corrected chi connectivity index (χ2v) is 5.47. The molecule has 24 heavy (non-hydrogen) atoms. The molecule has 0 aliphatic rings. The average Bonchev–Trinajstić information content (AvgIpc) is 3.05. The van der Waals surface area contributed by atoms with E-state index in [9.17, 15) is 4.79 Å². The largest absolute Gasteiger partial charge is 0.337 e. The second-order valence-electron chi connectivity index (χ2n) is 5.20. The topological polar surface area (TPSA) is 68.0 Å². The molecule has 0 radical (unpaired) electrons. The fraction of sp³-hybridized carbons (Fsp3) is 0.167. The molecule has 0 aliphatic heterocycles. The molecule has 0 spiro atoms. The van der Waals surface area contributed by atoms with E-state index in [2.05, 4.69) is 34.5 Å². The maximum Gasteiger partial charge on any atom is 0.241 e. The minimum absolute atomic E-state index is 0.156. The molecule has 2 heterocycles. The van der Waals surface area contributed by atoms with Gasteiger partial charge in [0.05, 0.1) is 5.56 Å². The van der Waals surface area contributed by atoms with Crippen LogP contribution in [0.25, 0.3) is 22.4 Å². The lowest BCUT2D eigenvalue weighted by atomic mass is 10.0. The maximum atomic E-state index is 11.7. The van der Waals surface area contributed by atoms with Gasteiger partial charge in [0.15, 0.2) is 0 Å². The average molecular weight is 342 g/mol. The number of aryl methyl sites for hydroxylation is 1. The summed E-state index contributed by atoms with van der Waals surface area (Å²) in [7, 11) is 0. The number of halogens is 1. The van der Waals surface area contributed by atoms with Crippen molar-refractivity contribution in [2.75, 3.05) is 11.2 Å². The molecule has 0 saturated carbocycles. The van der Waals surface area contributed by atoms with E-state index in [0.29, 0.717) is 11.3 Å². The SMILES string of the molecule is CCc1ccc(-c2noc(NC(=O)CCl)c2-c2ccncc2)cc1. The highest BCUT2D eigenvalue weighted by molar-refractivity contribution is 6.29. The number of hydrogen-bond acceptors (Lipinski definition) is 4. The monoisotopic (exact) mass is 341 g/mol. The van der Waals surface area contributed by atoms with Gasteiger partial charge in [-0.3, -0.25) is 15.1 Å². The van der Waals surface area contributed by atoms with Crippen molar-refractivity contribution >= 4 is 23.4 Å². The fourth-order valence-corrected chi connectivity index (χ4v) is 2.48. The number of nitrogens with zero attached hydrogens (tertiary/aromatic N) is 2. The van der Waals surface area contributed by atoms with Gasteiger partial charge in [-0.25, -0.2) is 0 Å². The zero-order valence-electron chi connectivity index (χ0n) is 13.1. The lowest BCUT2D eigenvalue weighted by Gasteiger charge is -2.05. The van der Waals surface area contributed by atoms with Crippen LogP contribution in [0.3, 0.4) is 0 Å². The highest BCUT2D eigenvalue weighted by Gasteiger charge is 2.20. The van der Waals surface area contributed by atoms with Crippen LogP contribution in [-0.4, -0.2) is 21.9 Å². The van der Waals surface area contributed by atoms with Crippen LogP contribution in [0.4, 0.5) is 5.88 Å². The number of benzene rings is 1. The van der Waals surface area contributed by atoms with Gasteiger partial charge in [0, 0.05) is 18.0 Å². The standard InChI is InChI=1S/C18H16ClN3O2/c1-2-12-3-5-14(6-4-12)17-16(13-7-9-20-10-8-13)18(24-22-17)21-15(23)11-19/h3-10H,2,11H2,1H3,(H,21,23). The molecule has 1 amide bonds. The molecule has 1 aromatic carbocycles. The van der Waals surface area contributed by atoms with Crippen LogP contribution < -0.4 is 5.32 Å². The third-order valence-corrected chi connectivity index (χ3v) is 3.91. The molecule has 5 nitrogen and oxygen atoms in total. The number of rotatable bonds is 5. The molecule has 0 bridgehead atoms. The van der Waals surface area contributed by atoms with Crippen molar-refractivity contribution in [3.05, 3.63) is 54.4 Å². The first-order valence-corrected chi connectivity index (χ1v) is 8.11. The predicted octanol–water partition coefficient (Wildman–Crippen LogP) is 4.14. The lowest BCUT2D eigenvalue weighted by molar-refractivity contribution is -0.114. The Hall–Kier alpha value is -2.66. The molecule has 2 aromatic heterocycles. The molecule has 122 valence electrons. The molecular formula is C18H16ClN3O2. The quantitative estimate of drug-likeness (QED) is 0.708. The Kier molecular flexibility index (Phi) is 4.91. The fourth-order valence-electron chi connectivity index (χ4n) is 2.42. The summed E-state index contributed by atoms with van der Waals surface area (Å²) < 4.78 is 5.37. The van der Waals surface area contributed by atoms with Gasteiger partial charge in [-0.05, 0) is 29.7 Å². The van der Waals surface area contributed by atoms with Crippen LogP contribution in [-0.2, 0) is 11.2 Å². The molecular weight excluding hydrogens is 326 g/mol. The van der Waals surface area contributed by atoms with Crippen molar-refractivity contribution in [3.63, 3.8) is 0 Å². The first-order chi connectivity index (χ1) is 11.7. The molecule has 3 aromatic rings. The second kappa shape index (κ2) is 7.27. The van der Waals surface area contributed by atoms with E-state index < -0.39 is 0 Å². The first-order valence-electron chi connectivity index (χ1n) is 7.58. The van der Waals surface area contributed by atoms with Gasteiger partial charge in [-0.15, -0.1) is 11.6 Å². The number of anilines is 1. The summed E-state index contributed by atoms with van der Waals surface area (Å²) >= 11 is 5.57. The van der Waals surface area contributed by atoms with Crippen LogP contribution in [0.15, 0.2) is 53.3 Å². The number of pyridine rings is 1. The molecule has 0 unspecified atom stereocenters. The van der Waals surface area contributed by atoms with Crippen molar-refractivity contribution in [1.82, 2.24) is 10.1 Å². The minimum atomic E-state index is -0.351. The summed E-state index contributed by atoms with van der Waals surface area (Å²) in [5, 5.41) is 6.80. The van der Waals surface area contributed by atoms with Gasteiger partial charge < -0.3 is 4.52 Å². The van der Waals surface area contributed by atoms with Crippen LogP contribution >= 0.6 is 11.6 Å². The van der Waals surface area contributed by atoms with Crippen LogP contribution in [0.5, 0.6) is 0 Å². The molecule has 0 aliphatic carbocycles. The zero-order valence-corrected chi connectivity index (χ0v) is 13.9. The van der Waals surface area contributed by atoms with Crippen molar-refractivity contribution in [2.45, 2.75) is 13.3 Å². The van der Waals surface area contributed by atoms with E-state index in [1.165, 1.54) is 5.56 Å².